The van der Waals surface area contributed by atoms with E-state index in [4.69, 9.17) is 0 Å². The predicted molar refractivity (Wildman–Crippen MR) is 99.3 cm³/mol. The number of nitrogens with zero attached hydrogens (tertiary/aromatic N) is 2. The van der Waals surface area contributed by atoms with Crippen LogP contribution in [0.15, 0.2) is 23.2 Å². The van der Waals surface area contributed by atoms with E-state index in [-0.39, 0.29) is 0 Å². The summed E-state index contributed by atoms with van der Waals surface area (Å²) in [6, 6.07) is 3.52. The zero-order valence-electron chi connectivity index (χ0n) is 16.0. The van der Waals surface area contributed by atoms with Gasteiger partial charge >= 0.3 is 6.18 Å². The molecule has 158 valence electrons. The first-order valence-electron chi connectivity index (χ1n) is 9.44. The van der Waals surface area contributed by atoms with Crippen LogP contribution in [0.5, 0.6) is 0 Å². The Bertz CT molecular complexity index is 640. The van der Waals surface area contributed by atoms with Crippen LogP contribution >= 0.6 is 0 Å². The molecule has 0 radical (unpaired) electrons. The summed E-state index contributed by atoms with van der Waals surface area (Å²) in [6.07, 6.45) is -1.37. The fraction of sp³-hybridized carbons (Fsp3) is 0.632. The summed E-state index contributed by atoms with van der Waals surface area (Å²) >= 11 is 0. The predicted octanol–water partition coefficient (Wildman–Crippen LogP) is 3.34. The number of alkyl halides is 3. The number of halogens is 5. The number of aliphatic imine (C=N–C) groups is 1. The third-order valence-corrected chi connectivity index (χ3v) is 4.88. The van der Waals surface area contributed by atoms with Crippen molar-refractivity contribution >= 4 is 5.96 Å². The molecule has 1 heterocycles. The molecule has 2 N–H and O–H groups in total. The first-order chi connectivity index (χ1) is 13.3. The van der Waals surface area contributed by atoms with Crippen molar-refractivity contribution in [3.05, 3.63) is 35.4 Å². The molecular weight excluding hydrogens is 379 g/mol. The molecule has 0 bridgehead atoms. The van der Waals surface area contributed by atoms with Gasteiger partial charge in [-0.25, -0.2) is 8.78 Å². The molecule has 0 aromatic heterocycles. The Balaban J connectivity index is 1.62. The summed E-state index contributed by atoms with van der Waals surface area (Å²) in [4.78, 5) is 5.56. The lowest BCUT2D eigenvalue weighted by Crippen LogP contribution is -2.42. The van der Waals surface area contributed by atoms with E-state index in [1.165, 1.54) is 17.0 Å². The minimum absolute atomic E-state index is 0.392. The zero-order valence-corrected chi connectivity index (χ0v) is 16.0. The number of benzene rings is 1. The molecule has 2 rings (SSSR count). The Hall–Kier alpha value is -1.90. The van der Waals surface area contributed by atoms with Crippen molar-refractivity contribution in [3.63, 3.8) is 0 Å². The third kappa shape index (κ3) is 8.00. The summed E-state index contributed by atoms with van der Waals surface area (Å²) in [5.41, 5.74) is 0.426. The van der Waals surface area contributed by atoms with Crippen LogP contribution in [0.3, 0.4) is 0 Å². The lowest BCUT2D eigenvalue weighted by Gasteiger charge is -2.32. The standard InChI is InChI=1S/C19H27F5N4/c1-25-18(27-9-5-15-2-3-16(20)12-17(15)21)26-8-4-14-6-10-28(11-7-14)13-19(22,23)24/h2-3,12,14H,4-11,13H2,1H3,(H2,25,26,27). The van der Waals surface area contributed by atoms with E-state index in [2.05, 4.69) is 15.6 Å². The number of piperidine rings is 1. The van der Waals surface area contributed by atoms with Crippen LogP contribution in [-0.4, -0.2) is 56.8 Å². The summed E-state index contributed by atoms with van der Waals surface area (Å²) in [5, 5.41) is 6.24. The molecule has 4 nitrogen and oxygen atoms in total. The van der Waals surface area contributed by atoms with E-state index >= 15 is 0 Å². The second kappa shape index (κ2) is 10.6. The molecule has 0 aliphatic carbocycles. The van der Waals surface area contributed by atoms with E-state index < -0.39 is 24.4 Å². The summed E-state index contributed by atoms with van der Waals surface area (Å²) in [5.74, 6) is -0.196. The summed E-state index contributed by atoms with van der Waals surface area (Å²) < 4.78 is 63.7. The van der Waals surface area contributed by atoms with Gasteiger partial charge in [-0.15, -0.1) is 0 Å². The maximum atomic E-state index is 13.6. The first kappa shape index (κ1) is 22.4. The first-order valence-corrected chi connectivity index (χ1v) is 9.44. The molecule has 0 saturated carbocycles. The molecule has 28 heavy (non-hydrogen) atoms. The van der Waals surface area contributed by atoms with Crippen molar-refractivity contribution in [2.24, 2.45) is 10.9 Å². The van der Waals surface area contributed by atoms with E-state index in [0.717, 1.165) is 25.3 Å². The number of rotatable bonds is 7. The largest absolute Gasteiger partial charge is 0.401 e. The topological polar surface area (TPSA) is 39.7 Å². The summed E-state index contributed by atoms with van der Waals surface area (Å²) in [6.45, 7) is 1.22. The van der Waals surface area contributed by atoms with Gasteiger partial charge < -0.3 is 10.6 Å². The molecule has 0 spiro atoms. The van der Waals surface area contributed by atoms with Crippen molar-refractivity contribution in [3.8, 4) is 0 Å². The Morgan fingerprint density at radius 2 is 1.82 bits per heavy atom. The second-order valence-electron chi connectivity index (χ2n) is 7.03. The Morgan fingerprint density at radius 3 is 2.43 bits per heavy atom. The average molecular weight is 406 g/mol. The average Bonchev–Trinajstić information content (AvgIpc) is 2.62. The quantitative estimate of drug-likeness (QED) is 0.415. The third-order valence-electron chi connectivity index (χ3n) is 4.88. The molecule has 1 aromatic rings. The number of guanidine groups is 1. The van der Waals surface area contributed by atoms with Crippen LogP contribution in [0, 0.1) is 17.6 Å². The highest BCUT2D eigenvalue weighted by Gasteiger charge is 2.32. The minimum atomic E-state index is -4.14. The van der Waals surface area contributed by atoms with Crippen molar-refractivity contribution < 1.29 is 22.0 Å². The van der Waals surface area contributed by atoms with Gasteiger partial charge in [-0.3, -0.25) is 9.89 Å². The number of hydrogen-bond donors (Lipinski definition) is 2. The molecule has 1 aliphatic heterocycles. The van der Waals surface area contributed by atoms with Gasteiger partial charge in [-0.2, -0.15) is 13.2 Å². The highest BCUT2D eigenvalue weighted by Crippen LogP contribution is 2.23. The zero-order chi connectivity index (χ0) is 20.6. The smallest absolute Gasteiger partial charge is 0.356 e. The second-order valence-corrected chi connectivity index (χ2v) is 7.03. The molecule has 1 saturated heterocycles. The highest BCUT2D eigenvalue weighted by atomic mass is 19.4. The number of nitrogens with one attached hydrogen (secondary N) is 2. The molecule has 1 aliphatic rings. The van der Waals surface area contributed by atoms with E-state index in [0.29, 0.717) is 50.0 Å². The van der Waals surface area contributed by atoms with E-state index in [1.807, 2.05) is 0 Å². The molecule has 0 atom stereocenters. The Morgan fingerprint density at radius 1 is 1.14 bits per heavy atom. The van der Waals surface area contributed by atoms with Crippen LogP contribution < -0.4 is 10.6 Å². The van der Waals surface area contributed by atoms with Gasteiger partial charge in [-0.05, 0) is 56.3 Å². The van der Waals surface area contributed by atoms with Crippen LogP contribution in [0.25, 0.3) is 0 Å². The minimum Gasteiger partial charge on any atom is -0.356 e. The van der Waals surface area contributed by atoms with E-state index in [9.17, 15) is 22.0 Å². The normalized spacial score (nSPS) is 17.0. The SMILES string of the molecule is CN=C(NCCc1ccc(F)cc1F)NCCC1CCN(CC(F)(F)F)CC1. The lowest BCUT2D eigenvalue weighted by atomic mass is 9.93. The van der Waals surface area contributed by atoms with Crippen molar-refractivity contribution in [2.45, 2.75) is 31.9 Å². The fourth-order valence-corrected chi connectivity index (χ4v) is 3.34. The number of hydrogen-bond acceptors (Lipinski definition) is 2. The molecule has 0 amide bonds. The van der Waals surface area contributed by atoms with Crippen LogP contribution in [-0.2, 0) is 6.42 Å². The molecular formula is C19H27F5N4. The Labute approximate surface area is 162 Å². The van der Waals surface area contributed by atoms with Gasteiger partial charge in [0, 0.05) is 26.2 Å². The van der Waals surface area contributed by atoms with Gasteiger partial charge in [0.2, 0.25) is 0 Å². The van der Waals surface area contributed by atoms with Crippen LogP contribution in [0.2, 0.25) is 0 Å². The van der Waals surface area contributed by atoms with Gasteiger partial charge in [0.05, 0.1) is 6.54 Å². The molecule has 1 fully saturated rings. The molecule has 1 aromatic carbocycles. The maximum Gasteiger partial charge on any atom is 0.401 e. The van der Waals surface area contributed by atoms with Crippen molar-refractivity contribution in [1.29, 1.82) is 0 Å². The van der Waals surface area contributed by atoms with Gasteiger partial charge in [0.15, 0.2) is 5.96 Å². The Kier molecular flexibility index (Phi) is 8.47. The highest BCUT2D eigenvalue weighted by molar-refractivity contribution is 5.79. The van der Waals surface area contributed by atoms with Crippen LogP contribution in [0.4, 0.5) is 22.0 Å². The fourth-order valence-electron chi connectivity index (χ4n) is 3.34. The monoisotopic (exact) mass is 406 g/mol. The van der Waals surface area contributed by atoms with Crippen molar-refractivity contribution in [2.75, 3.05) is 39.8 Å². The maximum absolute atomic E-state index is 13.6. The van der Waals surface area contributed by atoms with Gasteiger partial charge in [0.25, 0.3) is 0 Å². The molecule has 0 unspecified atom stereocenters. The van der Waals surface area contributed by atoms with Gasteiger partial charge in [-0.1, -0.05) is 6.07 Å². The van der Waals surface area contributed by atoms with Gasteiger partial charge in [0.1, 0.15) is 11.6 Å². The van der Waals surface area contributed by atoms with Crippen molar-refractivity contribution in [1.82, 2.24) is 15.5 Å². The lowest BCUT2D eigenvalue weighted by molar-refractivity contribution is -0.148. The van der Waals surface area contributed by atoms with E-state index in [1.54, 1.807) is 7.05 Å². The molecule has 9 heteroatoms. The van der Waals surface area contributed by atoms with Crippen LogP contribution in [0.1, 0.15) is 24.8 Å². The number of likely N-dealkylation sites (tertiary alicyclic amines) is 1. The summed E-state index contributed by atoms with van der Waals surface area (Å²) in [7, 11) is 1.63.